The normalized spacial score (nSPS) is 18.9. The highest BCUT2D eigenvalue weighted by atomic mass is 32.2. The van der Waals surface area contributed by atoms with Gasteiger partial charge in [0, 0.05) is 67.0 Å². The Morgan fingerprint density at radius 2 is 1.37 bits per heavy atom. The maximum atomic E-state index is 5.83. The molecule has 6 N–H and O–H groups in total. The Balaban J connectivity index is 1.38. The van der Waals surface area contributed by atoms with Crippen LogP contribution in [0.2, 0.25) is 0 Å². The highest BCUT2D eigenvalue weighted by molar-refractivity contribution is 7.98. The number of hydrogen-bond acceptors (Lipinski definition) is 8. The van der Waals surface area contributed by atoms with Gasteiger partial charge in [-0.25, -0.2) is 0 Å². The molecule has 194 valence electrons. The second-order valence-corrected chi connectivity index (χ2v) is 11.2. The standard InChI is InChI=1S/C27H43N5OS2/c1-33-25-8-4-23(5-9-25)21-35-19-14-31-27-11-16-32(17-12-28)15-10-26(27)30-13-18-34-20-22-2-6-24(29)7-3-22/h2-9,26-27,30-31H,10-21,28-29H2,1H3/t26?,27-/m1/s1. The van der Waals surface area contributed by atoms with E-state index in [1.165, 1.54) is 24.0 Å². The molecule has 1 fully saturated rings. The molecular formula is C27H43N5OS2. The molecule has 3 rings (SSSR count). The molecule has 2 atom stereocenters. The number of hydrogen-bond donors (Lipinski definition) is 4. The topological polar surface area (TPSA) is 88.6 Å². The minimum absolute atomic E-state index is 0.501. The molecule has 0 saturated carbocycles. The number of benzene rings is 2. The average molecular weight is 518 g/mol. The molecule has 1 heterocycles. The third-order valence-corrected chi connectivity index (χ3v) is 8.49. The molecule has 0 amide bonds. The molecule has 35 heavy (non-hydrogen) atoms. The van der Waals surface area contributed by atoms with E-state index in [2.05, 4.69) is 39.8 Å². The quantitative estimate of drug-likeness (QED) is 0.211. The summed E-state index contributed by atoms with van der Waals surface area (Å²) in [7, 11) is 1.71. The third-order valence-electron chi connectivity index (χ3n) is 6.43. The van der Waals surface area contributed by atoms with E-state index < -0.39 is 0 Å². The van der Waals surface area contributed by atoms with Gasteiger partial charge in [-0.3, -0.25) is 0 Å². The van der Waals surface area contributed by atoms with E-state index >= 15 is 0 Å². The van der Waals surface area contributed by atoms with Crippen molar-refractivity contribution in [3.63, 3.8) is 0 Å². The van der Waals surface area contributed by atoms with Crippen LogP contribution in [0.1, 0.15) is 24.0 Å². The van der Waals surface area contributed by atoms with Gasteiger partial charge in [0.2, 0.25) is 0 Å². The second kappa shape index (κ2) is 16.3. The molecule has 6 nitrogen and oxygen atoms in total. The van der Waals surface area contributed by atoms with Gasteiger partial charge in [0.1, 0.15) is 5.75 Å². The zero-order valence-electron chi connectivity index (χ0n) is 21.1. The van der Waals surface area contributed by atoms with Crippen molar-refractivity contribution >= 4 is 29.2 Å². The fourth-order valence-electron chi connectivity index (χ4n) is 4.40. The van der Waals surface area contributed by atoms with Crippen molar-refractivity contribution in [2.24, 2.45) is 5.73 Å². The van der Waals surface area contributed by atoms with Crippen LogP contribution in [0.25, 0.3) is 0 Å². The number of anilines is 1. The maximum absolute atomic E-state index is 5.83. The zero-order chi connectivity index (χ0) is 24.7. The Kier molecular flexibility index (Phi) is 13.2. The second-order valence-electron chi connectivity index (χ2n) is 9.02. The van der Waals surface area contributed by atoms with E-state index in [1.807, 2.05) is 47.8 Å². The lowest BCUT2D eigenvalue weighted by Crippen LogP contribution is -2.49. The lowest BCUT2D eigenvalue weighted by atomic mass is 10.0. The van der Waals surface area contributed by atoms with Crippen LogP contribution in [0.5, 0.6) is 5.75 Å². The Morgan fingerprint density at radius 3 is 1.86 bits per heavy atom. The predicted octanol–water partition coefficient (Wildman–Crippen LogP) is 3.41. The number of nitrogen functional groups attached to an aromatic ring is 1. The van der Waals surface area contributed by atoms with Crippen molar-refractivity contribution in [3.05, 3.63) is 59.7 Å². The largest absolute Gasteiger partial charge is 0.497 e. The van der Waals surface area contributed by atoms with Crippen molar-refractivity contribution in [1.29, 1.82) is 0 Å². The SMILES string of the molecule is COc1ccc(CSCCN[C@@H]2CCN(CCN)CCC2NCCSCc2ccc(N)cc2)cc1. The van der Waals surface area contributed by atoms with Crippen LogP contribution in [-0.2, 0) is 11.5 Å². The lowest BCUT2D eigenvalue weighted by Gasteiger charge is -2.27. The Labute approximate surface area is 220 Å². The first kappa shape index (κ1) is 28.2. The van der Waals surface area contributed by atoms with Gasteiger partial charge in [-0.15, -0.1) is 0 Å². The summed E-state index contributed by atoms with van der Waals surface area (Å²) in [5.41, 5.74) is 15.1. The van der Waals surface area contributed by atoms with Gasteiger partial charge in [-0.05, 0) is 61.3 Å². The number of nitrogens with two attached hydrogens (primary N) is 2. The number of nitrogens with one attached hydrogen (secondary N) is 2. The van der Waals surface area contributed by atoms with Crippen molar-refractivity contribution < 1.29 is 4.74 Å². The molecule has 0 radical (unpaired) electrons. The summed E-state index contributed by atoms with van der Waals surface area (Å²) >= 11 is 3.96. The highest BCUT2D eigenvalue weighted by Crippen LogP contribution is 2.18. The van der Waals surface area contributed by atoms with Crippen LogP contribution in [0.4, 0.5) is 5.69 Å². The summed E-state index contributed by atoms with van der Waals surface area (Å²) in [6.07, 6.45) is 2.33. The Bertz CT molecular complexity index is 821. The number of nitrogens with zero attached hydrogens (tertiary/aromatic N) is 1. The van der Waals surface area contributed by atoms with Crippen molar-refractivity contribution in [3.8, 4) is 5.75 Å². The molecule has 0 aliphatic carbocycles. The van der Waals surface area contributed by atoms with Gasteiger partial charge in [-0.2, -0.15) is 23.5 Å². The van der Waals surface area contributed by atoms with Crippen LogP contribution in [0.15, 0.2) is 48.5 Å². The lowest BCUT2D eigenvalue weighted by molar-refractivity contribution is 0.289. The number of rotatable bonds is 15. The molecule has 0 bridgehead atoms. The van der Waals surface area contributed by atoms with Gasteiger partial charge in [0.25, 0.3) is 0 Å². The predicted molar refractivity (Wildman–Crippen MR) is 154 cm³/mol. The average Bonchev–Trinajstić information content (AvgIpc) is 3.07. The highest BCUT2D eigenvalue weighted by Gasteiger charge is 2.25. The van der Waals surface area contributed by atoms with Crippen LogP contribution in [0, 0.1) is 0 Å². The van der Waals surface area contributed by atoms with E-state index in [1.54, 1.807) is 7.11 Å². The first-order valence-electron chi connectivity index (χ1n) is 12.7. The molecule has 2 aromatic rings. The minimum atomic E-state index is 0.501. The van der Waals surface area contributed by atoms with E-state index in [-0.39, 0.29) is 0 Å². The zero-order valence-corrected chi connectivity index (χ0v) is 22.7. The van der Waals surface area contributed by atoms with E-state index in [0.717, 1.165) is 73.7 Å². The number of ether oxygens (including phenoxy) is 1. The molecular weight excluding hydrogens is 474 g/mol. The Hall–Kier alpha value is -1.42. The van der Waals surface area contributed by atoms with Crippen molar-refractivity contribution in [2.45, 2.75) is 36.4 Å². The molecule has 1 aliphatic rings. The van der Waals surface area contributed by atoms with Crippen LogP contribution < -0.4 is 26.8 Å². The van der Waals surface area contributed by atoms with Gasteiger partial charge in [0.05, 0.1) is 7.11 Å². The van der Waals surface area contributed by atoms with E-state index in [4.69, 9.17) is 16.2 Å². The number of likely N-dealkylation sites (tertiary alicyclic amines) is 1. The summed E-state index contributed by atoms with van der Waals surface area (Å²) in [5, 5.41) is 7.74. The van der Waals surface area contributed by atoms with Gasteiger partial charge < -0.3 is 31.7 Å². The summed E-state index contributed by atoms with van der Waals surface area (Å²) in [5.74, 6) is 5.20. The fraction of sp³-hybridized carbons (Fsp3) is 0.556. The summed E-state index contributed by atoms with van der Waals surface area (Å²) in [6.45, 7) is 6.04. The molecule has 1 unspecified atom stereocenters. The minimum Gasteiger partial charge on any atom is -0.497 e. The first-order chi connectivity index (χ1) is 17.2. The molecule has 1 saturated heterocycles. The van der Waals surface area contributed by atoms with Gasteiger partial charge in [0.15, 0.2) is 0 Å². The van der Waals surface area contributed by atoms with Crippen LogP contribution >= 0.6 is 23.5 Å². The summed E-state index contributed by atoms with van der Waals surface area (Å²) < 4.78 is 5.25. The molecule has 2 aromatic carbocycles. The van der Waals surface area contributed by atoms with E-state index in [9.17, 15) is 0 Å². The van der Waals surface area contributed by atoms with E-state index in [0.29, 0.717) is 12.1 Å². The van der Waals surface area contributed by atoms with Gasteiger partial charge >= 0.3 is 0 Å². The van der Waals surface area contributed by atoms with Crippen molar-refractivity contribution in [2.75, 3.05) is 63.6 Å². The molecule has 8 heteroatoms. The monoisotopic (exact) mass is 517 g/mol. The summed E-state index contributed by atoms with van der Waals surface area (Å²) in [4.78, 5) is 2.52. The fourth-order valence-corrected chi connectivity index (χ4v) is 6.07. The Morgan fingerprint density at radius 1 is 0.857 bits per heavy atom. The molecule has 0 aromatic heterocycles. The first-order valence-corrected chi connectivity index (χ1v) is 15.0. The maximum Gasteiger partial charge on any atom is 0.118 e. The van der Waals surface area contributed by atoms with Crippen LogP contribution in [0.3, 0.4) is 0 Å². The molecule has 1 aliphatic heterocycles. The smallest absolute Gasteiger partial charge is 0.118 e. The number of thioether (sulfide) groups is 2. The van der Waals surface area contributed by atoms with Crippen LogP contribution in [-0.4, -0.2) is 74.9 Å². The molecule has 0 spiro atoms. The number of methoxy groups -OCH3 is 1. The summed E-state index contributed by atoms with van der Waals surface area (Å²) in [6, 6.07) is 17.6. The third kappa shape index (κ3) is 10.6. The van der Waals surface area contributed by atoms with Gasteiger partial charge in [-0.1, -0.05) is 24.3 Å². The van der Waals surface area contributed by atoms with Crippen molar-refractivity contribution in [1.82, 2.24) is 15.5 Å².